The summed E-state index contributed by atoms with van der Waals surface area (Å²) in [7, 11) is 0. The average molecular weight is 396 g/mol. The number of H-pyrrole nitrogens is 1. The van der Waals surface area contributed by atoms with E-state index in [4.69, 9.17) is 4.74 Å². The van der Waals surface area contributed by atoms with E-state index in [1.54, 1.807) is 6.07 Å². The van der Waals surface area contributed by atoms with Gasteiger partial charge in [-0.3, -0.25) is 4.79 Å². The molecule has 0 unspecified atom stereocenters. The number of aromatic amines is 1. The normalized spacial score (nSPS) is 25.7. The van der Waals surface area contributed by atoms with Crippen molar-refractivity contribution in [3.63, 3.8) is 0 Å². The van der Waals surface area contributed by atoms with Gasteiger partial charge in [0.1, 0.15) is 5.82 Å². The SMILES string of the molecule is C[C@@H]1CC[C@H](C)[C@@H](Cc2ccccc2)N(c2cc(N3CCOCC3)cc(=O)[nH]2)C1. The van der Waals surface area contributed by atoms with Crippen molar-refractivity contribution in [1.82, 2.24) is 4.98 Å². The van der Waals surface area contributed by atoms with Crippen molar-refractivity contribution >= 4 is 11.5 Å². The van der Waals surface area contributed by atoms with Crippen LogP contribution in [-0.2, 0) is 11.2 Å². The van der Waals surface area contributed by atoms with Crippen LogP contribution >= 0.6 is 0 Å². The second-order valence-electron chi connectivity index (χ2n) is 8.76. The van der Waals surface area contributed by atoms with Gasteiger partial charge in [-0.05, 0) is 36.7 Å². The lowest BCUT2D eigenvalue weighted by Crippen LogP contribution is -2.43. The fourth-order valence-corrected chi connectivity index (χ4v) is 4.73. The van der Waals surface area contributed by atoms with Crippen molar-refractivity contribution in [3.8, 4) is 0 Å². The van der Waals surface area contributed by atoms with Crippen molar-refractivity contribution in [2.45, 2.75) is 39.2 Å². The van der Waals surface area contributed by atoms with E-state index in [1.807, 2.05) is 0 Å². The molecule has 2 fully saturated rings. The molecule has 0 bridgehead atoms. The number of pyridine rings is 1. The third-order valence-electron chi connectivity index (χ3n) is 6.47. The number of aromatic nitrogens is 1. The van der Waals surface area contributed by atoms with Gasteiger partial charge in [-0.25, -0.2) is 0 Å². The fourth-order valence-electron chi connectivity index (χ4n) is 4.73. The van der Waals surface area contributed by atoms with E-state index >= 15 is 0 Å². The number of hydrogen-bond donors (Lipinski definition) is 1. The zero-order valence-electron chi connectivity index (χ0n) is 17.6. The molecule has 2 aromatic rings. The highest BCUT2D eigenvalue weighted by atomic mass is 16.5. The molecule has 1 aromatic heterocycles. The smallest absolute Gasteiger partial charge is 0.251 e. The minimum absolute atomic E-state index is 0.0213. The summed E-state index contributed by atoms with van der Waals surface area (Å²) in [6.45, 7) is 8.78. The third kappa shape index (κ3) is 4.84. The predicted octanol–water partition coefficient (Wildman–Crippen LogP) is 3.70. The van der Waals surface area contributed by atoms with Gasteiger partial charge in [-0.1, -0.05) is 44.2 Å². The first-order chi connectivity index (χ1) is 14.1. The quantitative estimate of drug-likeness (QED) is 0.858. The second-order valence-corrected chi connectivity index (χ2v) is 8.76. The van der Waals surface area contributed by atoms with Gasteiger partial charge in [-0.15, -0.1) is 0 Å². The van der Waals surface area contributed by atoms with Gasteiger partial charge in [0.05, 0.1) is 13.2 Å². The van der Waals surface area contributed by atoms with Gasteiger partial charge in [0, 0.05) is 43.5 Å². The van der Waals surface area contributed by atoms with Crippen LogP contribution in [0.5, 0.6) is 0 Å². The molecule has 29 heavy (non-hydrogen) atoms. The molecule has 2 saturated heterocycles. The number of anilines is 2. The Kier molecular flexibility index (Phi) is 6.24. The maximum atomic E-state index is 12.6. The van der Waals surface area contributed by atoms with Crippen LogP contribution in [0.2, 0.25) is 0 Å². The number of ether oxygens (including phenoxy) is 1. The van der Waals surface area contributed by atoms with E-state index in [9.17, 15) is 4.79 Å². The molecule has 5 heteroatoms. The molecule has 1 N–H and O–H groups in total. The van der Waals surface area contributed by atoms with Crippen LogP contribution in [0.15, 0.2) is 47.3 Å². The minimum Gasteiger partial charge on any atom is -0.378 e. The van der Waals surface area contributed by atoms with Gasteiger partial charge >= 0.3 is 0 Å². The number of hydrogen-bond acceptors (Lipinski definition) is 4. The number of benzene rings is 1. The van der Waals surface area contributed by atoms with Crippen LogP contribution in [0, 0.1) is 11.8 Å². The van der Waals surface area contributed by atoms with Gasteiger partial charge in [0.15, 0.2) is 0 Å². The Hall–Kier alpha value is -2.27. The molecule has 4 rings (SSSR count). The van der Waals surface area contributed by atoms with Gasteiger partial charge < -0.3 is 19.5 Å². The molecule has 2 aliphatic heterocycles. The Morgan fingerprint density at radius 3 is 2.59 bits per heavy atom. The van der Waals surface area contributed by atoms with Crippen LogP contribution < -0.4 is 15.4 Å². The second kappa shape index (κ2) is 9.04. The van der Waals surface area contributed by atoms with Gasteiger partial charge in [0.25, 0.3) is 5.56 Å². The largest absolute Gasteiger partial charge is 0.378 e. The van der Waals surface area contributed by atoms with Crippen LogP contribution in [0.4, 0.5) is 11.5 Å². The molecule has 0 amide bonds. The third-order valence-corrected chi connectivity index (χ3v) is 6.47. The van der Waals surface area contributed by atoms with E-state index in [2.05, 4.69) is 65.0 Å². The highest BCUT2D eigenvalue weighted by Gasteiger charge is 2.31. The predicted molar refractivity (Wildman–Crippen MR) is 119 cm³/mol. The Morgan fingerprint density at radius 1 is 1.07 bits per heavy atom. The van der Waals surface area contributed by atoms with Crippen LogP contribution in [-0.4, -0.2) is 43.9 Å². The topological polar surface area (TPSA) is 48.6 Å². The average Bonchev–Trinajstić information content (AvgIpc) is 2.88. The molecule has 2 aliphatic rings. The first kappa shape index (κ1) is 20.0. The van der Waals surface area contributed by atoms with Gasteiger partial charge in [-0.2, -0.15) is 0 Å². The first-order valence-electron chi connectivity index (χ1n) is 11.0. The molecule has 0 aliphatic carbocycles. The molecular weight excluding hydrogens is 362 g/mol. The summed E-state index contributed by atoms with van der Waals surface area (Å²) < 4.78 is 5.49. The molecule has 0 radical (unpaired) electrons. The van der Waals surface area contributed by atoms with E-state index in [0.717, 1.165) is 50.8 Å². The van der Waals surface area contributed by atoms with Crippen molar-refractivity contribution in [3.05, 3.63) is 58.4 Å². The standard InChI is InChI=1S/C24H33N3O2/c1-18-8-9-19(2)22(14-20-6-4-3-5-7-20)27(17-18)23-15-21(16-24(28)25-23)26-10-12-29-13-11-26/h3-7,15-16,18-19,22H,8-14,17H2,1-2H3,(H,25,28)/t18-,19+,22-/m1/s1. The number of morpholine rings is 1. The van der Waals surface area contributed by atoms with E-state index in [1.165, 1.54) is 18.4 Å². The lowest BCUT2D eigenvalue weighted by molar-refractivity contribution is 0.122. The Bertz CT molecular complexity index is 845. The van der Waals surface area contributed by atoms with Gasteiger partial charge in [0.2, 0.25) is 0 Å². The van der Waals surface area contributed by atoms with Crippen molar-refractivity contribution in [1.29, 1.82) is 0 Å². The minimum atomic E-state index is -0.0213. The molecule has 5 nitrogen and oxygen atoms in total. The fraction of sp³-hybridized carbons (Fsp3) is 0.542. The summed E-state index contributed by atoms with van der Waals surface area (Å²) in [4.78, 5) is 20.5. The molecule has 0 saturated carbocycles. The number of nitrogens with zero attached hydrogens (tertiary/aromatic N) is 2. The van der Waals surface area contributed by atoms with Crippen molar-refractivity contribution in [2.24, 2.45) is 11.8 Å². The van der Waals surface area contributed by atoms with E-state index in [-0.39, 0.29) is 5.56 Å². The maximum Gasteiger partial charge on any atom is 0.251 e. The molecule has 0 spiro atoms. The molecule has 1 aromatic carbocycles. The lowest BCUT2D eigenvalue weighted by Gasteiger charge is -2.37. The number of rotatable bonds is 4. The molecule has 3 heterocycles. The Morgan fingerprint density at radius 2 is 1.83 bits per heavy atom. The van der Waals surface area contributed by atoms with Crippen LogP contribution in [0.3, 0.4) is 0 Å². The van der Waals surface area contributed by atoms with Crippen LogP contribution in [0.25, 0.3) is 0 Å². The summed E-state index contributed by atoms with van der Waals surface area (Å²) in [6, 6.07) is 15.0. The molecule has 156 valence electrons. The van der Waals surface area contributed by atoms with Crippen molar-refractivity contribution in [2.75, 3.05) is 42.6 Å². The zero-order chi connectivity index (χ0) is 20.2. The summed E-state index contributed by atoms with van der Waals surface area (Å²) in [5.41, 5.74) is 2.35. The summed E-state index contributed by atoms with van der Waals surface area (Å²) in [5, 5.41) is 0. The zero-order valence-corrected chi connectivity index (χ0v) is 17.6. The summed E-state index contributed by atoms with van der Waals surface area (Å²) >= 11 is 0. The maximum absolute atomic E-state index is 12.6. The summed E-state index contributed by atoms with van der Waals surface area (Å²) in [6.07, 6.45) is 3.46. The summed E-state index contributed by atoms with van der Waals surface area (Å²) in [5.74, 6) is 2.13. The highest BCUT2D eigenvalue weighted by Crippen LogP contribution is 2.32. The molecular formula is C24H33N3O2. The van der Waals surface area contributed by atoms with Crippen molar-refractivity contribution < 1.29 is 4.74 Å². The van der Waals surface area contributed by atoms with E-state index < -0.39 is 0 Å². The first-order valence-corrected chi connectivity index (χ1v) is 11.0. The number of nitrogens with one attached hydrogen (secondary N) is 1. The Balaban J connectivity index is 1.68. The monoisotopic (exact) mass is 395 g/mol. The highest BCUT2D eigenvalue weighted by molar-refractivity contribution is 5.56. The Labute approximate surface area is 173 Å². The molecule has 3 atom stereocenters. The van der Waals surface area contributed by atoms with Crippen LogP contribution in [0.1, 0.15) is 32.3 Å². The lowest BCUT2D eigenvalue weighted by atomic mass is 9.91. The van der Waals surface area contributed by atoms with E-state index in [0.29, 0.717) is 17.9 Å².